The number of non-ortho nitro benzene ring substituents is 1. The molecule has 1 saturated carbocycles. The van der Waals surface area contributed by atoms with E-state index in [0.717, 1.165) is 47.3 Å². The second-order valence-corrected chi connectivity index (χ2v) is 17.5. The zero-order valence-electron chi connectivity index (χ0n) is 37.1. The van der Waals surface area contributed by atoms with E-state index in [1.807, 2.05) is 79.9 Å². The molecule has 4 aromatic carbocycles. The Morgan fingerprint density at radius 1 is 0.969 bits per heavy atom. The van der Waals surface area contributed by atoms with Crippen LogP contribution in [0, 0.1) is 27.9 Å². The minimum Gasteiger partial charge on any atom is -0.459 e. The highest BCUT2D eigenvalue weighted by molar-refractivity contribution is 7.98. The van der Waals surface area contributed by atoms with Crippen molar-refractivity contribution in [1.82, 2.24) is 4.90 Å². The van der Waals surface area contributed by atoms with Gasteiger partial charge in [-0.3, -0.25) is 15.0 Å². The number of aliphatic hydroxyl groups excluding tert-OH is 2. The summed E-state index contributed by atoms with van der Waals surface area (Å²) < 4.78 is 27.0. The summed E-state index contributed by atoms with van der Waals surface area (Å²) in [4.78, 5) is 34.6. The Bertz CT molecular complexity index is 2290. The van der Waals surface area contributed by atoms with Crippen molar-refractivity contribution < 1.29 is 43.7 Å². The van der Waals surface area contributed by atoms with Crippen LogP contribution in [0.15, 0.2) is 131 Å². The topological polar surface area (TPSA) is 162 Å². The van der Waals surface area contributed by atoms with Gasteiger partial charge in [0.05, 0.1) is 23.2 Å². The van der Waals surface area contributed by atoms with Gasteiger partial charge in [0.15, 0.2) is 0 Å². The molecule has 0 radical (unpaired) electrons. The fourth-order valence-corrected chi connectivity index (χ4v) is 10.1. The molecule has 2 aliphatic carbocycles. The third-order valence-electron chi connectivity index (χ3n) is 12.5. The first-order valence-corrected chi connectivity index (χ1v) is 23.7. The van der Waals surface area contributed by atoms with Crippen LogP contribution in [0.25, 0.3) is 0 Å². The number of oxime groups is 1. The average Bonchev–Trinajstić information content (AvgIpc) is 3.32. The van der Waals surface area contributed by atoms with Crippen molar-refractivity contribution in [3.63, 3.8) is 0 Å². The van der Waals surface area contributed by atoms with Crippen LogP contribution in [0.2, 0.25) is 0 Å². The zero-order chi connectivity index (χ0) is 45.8. The predicted molar refractivity (Wildman–Crippen MR) is 251 cm³/mol. The van der Waals surface area contributed by atoms with Crippen molar-refractivity contribution in [2.45, 2.75) is 87.5 Å². The molecule has 1 fully saturated rings. The van der Waals surface area contributed by atoms with Crippen molar-refractivity contribution in [2.75, 3.05) is 32.6 Å². The minimum absolute atomic E-state index is 0.0105. The number of nitro benzene ring substituents is 1. The second-order valence-electron chi connectivity index (χ2n) is 16.6. The predicted octanol–water partition coefficient (Wildman–Crippen LogP) is 10.9. The van der Waals surface area contributed by atoms with E-state index >= 15 is 0 Å². The van der Waals surface area contributed by atoms with Gasteiger partial charge in [0.25, 0.3) is 5.69 Å². The lowest BCUT2D eigenvalue weighted by atomic mass is 9.55. The van der Waals surface area contributed by atoms with Gasteiger partial charge in [0, 0.05) is 54.7 Å². The molecule has 344 valence electrons. The van der Waals surface area contributed by atoms with Gasteiger partial charge in [-0.05, 0) is 116 Å². The molecule has 0 bridgehead atoms. The van der Waals surface area contributed by atoms with Crippen LogP contribution in [-0.4, -0.2) is 76.3 Å². The lowest BCUT2D eigenvalue weighted by Crippen LogP contribution is -2.70. The Morgan fingerprint density at radius 3 is 2.35 bits per heavy atom. The molecule has 14 heteroatoms. The molecule has 1 amide bonds. The van der Waals surface area contributed by atoms with Crippen LogP contribution in [0.4, 0.5) is 10.5 Å². The van der Waals surface area contributed by atoms with Crippen molar-refractivity contribution in [1.29, 1.82) is 0 Å². The van der Waals surface area contributed by atoms with E-state index < -0.39 is 28.8 Å². The summed E-state index contributed by atoms with van der Waals surface area (Å²) in [6.45, 7) is 6.72. The lowest BCUT2D eigenvalue weighted by molar-refractivity contribution is -0.384. The van der Waals surface area contributed by atoms with Gasteiger partial charge in [-0.1, -0.05) is 67.4 Å². The van der Waals surface area contributed by atoms with E-state index in [-0.39, 0.29) is 68.6 Å². The van der Waals surface area contributed by atoms with Crippen molar-refractivity contribution >= 4 is 29.3 Å². The maximum Gasteiger partial charge on any atom is 0.415 e. The van der Waals surface area contributed by atoms with Crippen LogP contribution in [0.5, 0.6) is 23.0 Å². The highest BCUT2D eigenvalue weighted by Gasteiger charge is 2.65. The molecule has 0 aromatic heterocycles. The molecule has 3 aliphatic rings. The minimum atomic E-state index is -1.50. The summed E-state index contributed by atoms with van der Waals surface area (Å²) in [6, 6.07) is 28.2. The van der Waals surface area contributed by atoms with E-state index in [1.54, 1.807) is 22.7 Å². The van der Waals surface area contributed by atoms with Crippen molar-refractivity contribution in [2.24, 2.45) is 22.9 Å². The van der Waals surface area contributed by atoms with Gasteiger partial charge in [-0.15, -0.1) is 18.3 Å². The molecule has 6 unspecified atom stereocenters. The van der Waals surface area contributed by atoms with Gasteiger partial charge in [0.1, 0.15) is 35.6 Å². The molecule has 13 nitrogen and oxygen atoms in total. The summed E-state index contributed by atoms with van der Waals surface area (Å²) in [6.07, 6.45) is 10.5. The molecule has 6 atom stereocenters. The Balaban J connectivity index is 1.41. The third kappa shape index (κ3) is 10.9. The van der Waals surface area contributed by atoms with E-state index in [1.165, 1.54) is 24.3 Å². The summed E-state index contributed by atoms with van der Waals surface area (Å²) in [5.74, 6) is -0.182. The number of nitro groups is 1. The van der Waals surface area contributed by atoms with Crippen LogP contribution >= 0.6 is 11.8 Å². The maximum absolute atomic E-state index is 14.7. The van der Waals surface area contributed by atoms with Gasteiger partial charge >= 0.3 is 6.09 Å². The lowest BCUT2D eigenvalue weighted by Gasteiger charge is -2.59. The molecule has 65 heavy (non-hydrogen) atoms. The normalized spacial score (nSPS) is 22.4. The fourth-order valence-electron chi connectivity index (χ4n) is 9.66. The summed E-state index contributed by atoms with van der Waals surface area (Å²) in [7, 11) is 0. The summed E-state index contributed by atoms with van der Waals surface area (Å²) >= 11 is 1.66. The first-order chi connectivity index (χ1) is 31.7. The number of allylic oxidation sites excluding steroid dienone is 1. The fraction of sp³-hybridized carbons (Fsp3) is 0.412. The van der Waals surface area contributed by atoms with E-state index in [9.17, 15) is 25.1 Å². The van der Waals surface area contributed by atoms with E-state index in [2.05, 4.69) is 18.7 Å². The van der Waals surface area contributed by atoms with E-state index in [0.29, 0.717) is 42.2 Å². The number of aliphatic hydroxyl groups is 2. The number of unbranched alkanes of at least 4 members (excludes halogenated alkanes) is 2. The first kappa shape index (κ1) is 47.3. The van der Waals surface area contributed by atoms with Gasteiger partial charge < -0.3 is 34.0 Å². The Kier molecular flexibility index (Phi) is 16.4. The molecule has 2 N–H and O–H groups in total. The van der Waals surface area contributed by atoms with Crippen LogP contribution < -0.4 is 14.2 Å². The number of ether oxygens (including phenoxy) is 4. The second kappa shape index (κ2) is 22.5. The highest BCUT2D eigenvalue weighted by Crippen LogP contribution is 2.62. The van der Waals surface area contributed by atoms with Crippen LogP contribution in [0.1, 0.15) is 75.3 Å². The number of thioether (sulfide) groups is 1. The summed E-state index contributed by atoms with van der Waals surface area (Å²) in [5, 5.41) is 36.3. The molecule has 0 spiro atoms. The Morgan fingerprint density at radius 2 is 1.68 bits per heavy atom. The average molecular weight is 906 g/mol. The largest absolute Gasteiger partial charge is 0.459 e. The summed E-state index contributed by atoms with van der Waals surface area (Å²) in [5.41, 5.74) is 3.30. The van der Waals surface area contributed by atoms with Crippen molar-refractivity contribution in [3.05, 3.63) is 143 Å². The Labute approximate surface area is 385 Å². The molecule has 1 aliphatic heterocycles. The SMILES string of the molecule is C=CCOC12Oc3ccc(Oc4ccc(SC)cc4)cc3C3C(CCCCO)C(CCCCO)C=C(C(=NOCc4ccccc4)CC1N(CCC)C(=O)Oc1ccc([N+](=O)[O-])cc1)C32. The van der Waals surface area contributed by atoms with Crippen molar-refractivity contribution in [3.8, 4) is 23.0 Å². The number of rotatable bonds is 22. The highest BCUT2D eigenvalue weighted by atomic mass is 32.2. The third-order valence-corrected chi connectivity index (χ3v) is 13.3. The number of nitrogens with zero attached hydrogens (tertiary/aromatic N) is 3. The molecule has 0 saturated heterocycles. The van der Waals surface area contributed by atoms with E-state index in [4.69, 9.17) is 28.9 Å². The molecular formula is C51H59N3O10S. The van der Waals surface area contributed by atoms with Crippen LogP contribution in [-0.2, 0) is 16.2 Å². The molecule has 7 rings (SSSR count). The monoisotopic (exact) mass is 905 g/mol. The van der Waals surface area contributed by atoms with Crippen LogP contribution in [0.3, 0.4) is 0 Å². The number of carbonyl (C=O) groups excluding carboxylic acids is 1. The van der Waals surface area contributed by atoms with Gasteiger partial charge in [-0.25, -0.2) is 4.79 Å². The molecule has 4 aromatic rings. The van der Waals surface area contributed by atoms with Gasteiger partial charge in [0.2, 0.25) is 5.79 Å². The zero-order valence-corrected chi connectivity index (χ0v) is 37.9. The number of carbonyl (C=O) groups is 1. The number of fused-ring (bicyclic) bond motifs is 2. The maximum atomic E-state index is 14.7. The quantitative estimate of drug-likeness (QED) is 0.0254. The molecule has 1 heterocycles. The smallest absolute Gasteiger partial charge is 0.415 e. The number of hydrogen-bond donors (Lipinski definition) is 2. The standard InChI is InChI=1S/C51H59N3O10S/c1-4-27-53(50(57)63-39-19-17-37(18-20-39)54(58)59)47-33-45(52-61-34-35-13-7-6-8-14-35)43-31-36(15-9-11-28-55)42(16-10-12-29-56)48-44-32-40(62-38-21-24-41(65-3)25-22-38)23-26-46(44)64-51(47,49(43)48)60-30-5-2/h5-8,13-14,17-26,31-32,36,42,47-49,55-56H,2,4,9-12,15-16,27-30,33-34H2,1,3H3. The molecular weight excluding hydrogens is 847 g/mol. The first-order valence-electron chi connectivity index (χ1n) is 22.5. The Hall–Kier alpha value is -5.67. The van der Waals surface area contributed by atoms with Gasteiger partial charge in [-0.2, -0.15) is 0 Å². The number of amides is 1. The number of benzene rings is 4. The number of hydrogen-bond acceptors (Lipinski definition) is 12.